The van der Waals surface area contributed by atoms with Gasteiger partial charge in [-0.2, -0.15) is 0 Å². The minimum atomic E-state index is -0.770. The smallest absolute Gasteiger partial charge is 0.303 e. The highest BCUT2D eigenvalue weighted by molar-refractivity contribution is 5.72. The number of aromatic nitrogens is 1. The van der Waals surface area contributed by atoms with Gasteiger partial charge in [0.2, 0.25) is 0 Å². The second-order valence-electron chi connectivity index (χ2n) is 6.33. The predicted molar refractivity (Wildman–Crippen MR) is 107 cm³/mol. The number of rotatable bonds is 6. The van der Waals surface area contributed by atoms with Crippen LogP contribution in [0.15, 0.2) is 66.7 Å². The number of aryl methyl sites for hydroxylation is 1. The molecule has 3 nitrogen and oxygen atoms in total. The molecule has 2 aromatic carbocycles. The number of carbonyl (C=O) groups is 1. The molecule has 0 spiro atoms. The summed E-state index contributed by atoms with van der Waals surface area (Å²) in [5, 5.41) is 8.93. The lowest BCUT2D eigenvalue weighted by Crippen LogP contribution is -2.02. The second-order valence-corrected chi connectivity index (χ2v) is 6.33. The fraction of sp³-hybridized carbons (Fsp3) is 0.174. The maximum Gasteiger partial charge on any atom is 0.303 e. The van der Waals surface area contributed by atoms with Crippen LogP contribution in [-0.2, 0) is 11.2 Å². The molecule has 0 aliphatic heterocycles. The van der Waals surface area contributed by atoms with E-state index in [9.17, 15) is 4.79 Å². The molecule has 1 heterocycles. The van der Waals surface area contributed by atoms with E-state index in [0.717, 1.165) is 16.9 Å². The topological polar surface area (TPSA) is 42.2 Å². The average Bonchev–Trinajstić information content (AvgIpc) is 2.97. The number of hydrogen-bond donors (Lipinski definition) is 1. The maximum absolute atomic E-state index is 10.9. The number of carboxylic acid groups (broad SMARTS) is 1. The van der Waals surface area contributed by atoms with Gasteiger partial charge in [-0.15, -0.1) is 0 Å². The van der Waals surface area contributed by atoms with Gasteiger partial charge in [-0.3, -0.25) is 4.79 Å². The van der Waals surface area contributed by atoms with Crippen LogP contribution >= 0.6 is 0 Å². The van der Waals surface area contributed by atoms with Gasteiger partial charge in [0.25, 0.3) is 0 Å². The molecule has 3 rings (SSSR count). The summed E-state index contributed by atoms with van der Waals surface area (Å²) in [6.45, 7) is 4.14. The Morgan fingerprint density at radius 1 is 1.08 bits per heavy atom. The summed E-state index contributed by atoms with van der Waals surface area (Å²) >= 11 is 0. The average molecular weight is 345 g/mol. The molecular formula is C23H23NO2. The first-order valence-electron chi connectivity index (χ1n) is 8.81. The molecule has 0 radical (unpaired) electrons. The molecule has 26 heavy (non-hydrogen) atoms. The quantitative estimate of drug-likeness (QED) is 0.640. The number of benzene rings is 2. The molecule has 0 bridgehead atoms. The third-order valence-corrected chi connectivity index (χ3v) is 4.49. The van der Waals surface area contributed by atoms with Crippen molar-refractivity contribution in [3.8, 4) is 16.8 Å². The second kappa shape index (κ2) is 7.87. The molecule has 1 aromatic heterocycles. The SMILES string of the molecule is C/C=C/c1cc(-c2ccccc2)c(C)n1-c1cccc(CCC(=O)O)c1. The van der Waals surface area contributed by atoms with Gasteiger partial charge in [-0.05, 0) is 55.7 Å². The van der Waals surface area contributed by atoms with Gasteiger partial charge in [-0.1, -0.05) is 48.5 Å². The Hall–Kier alpha value is -3.07. The van der Waals surface area contributed by atoms with Crippen LogP contribution in [0, 0.1) is 6.92 Å². The van der Waals surface area contributed by atoms with Gasteiger partial charge in [0, 0.05) is 29.1 Å². The first-order valence-corrected chi connectivity index (χ1v) is 8.81. The Morgan fingerprint density at radius 2 is 1.85 bits per heavy atom. The number of carboxylic acids is 1. The molecular weight excluding hydrogens is 322 g/mol. The number of allylic oxidation sites excluding steroid dienone is 1. The van der Waals surface area contributed by atoms with E-state index >= 15 is 0 Å². The summed E-state index contributed by atoms with van der Waals surface area (Å²) in [6, 6.07) is 20.7. The molecule has 1 N–H and O–H groups in total. The van der Waals surface area contributed by atoms with Crippen molar-refractivity contribution >= 4 is 12.0 Å². The van der Waals surface area contributed by atoms with E-state index in [0.29, 0.717) is 6.42 Å². The monoisotopic (exact) mass is 345 g/mol. The highest BCUT2D eigenvalue weighted by atomic mass is 16.4. The molecule has 0 unspecified atom stereocenters. The maximum atomic E-state index is 10.9. The first kappa shape index (κ1) is 17.7. The summed E-state index contributed by atoms with van der Waals surface area (Å²) in [6.07, 6.45) is 4.82. The van der Waals surface area contributed by atoms with Crippen molar-refractivity contribution in [1.82, 2.24) is 4.57 Å². The van der Waals surface area contributed by atoms with Crippen molar-refractivity contribution in [3.63, 3.8) is 0 Å². The van der Waals surface area contributed by atoms with Crippen LogP contribution < -0.4 is 0 Å². The van der Waals surface area contributed by atoms with Crippen molar-refractivity contribution in [1.29, 1.82) is 0 Å². The van der Waals surface area contributed by atoms with E-state index in [4.69, 9.17) is 5.11 Å². The summed E-state index contributed by atoms with van der Waals surface area (Å²) in [4.78, 5) is 10.9. The Labute approximate surface area is 154 Å². The molecule has 3 heteroatoms. The molecule has 0 saturated heterocycles. The van der Waals surface area contributed by atoms with E-state index < -0.39 is 5.97 Å². The minimum absolute atomic E-state index is 0.144. The third kappa shape index (κ3) is 3.77. The Morgan fingerprint density at radius 3 is 2.54 bits per heavy atom. The van der Waals surface area contributed by atoms with E-state index in [2.05, 4.69) is 47.9 Å². The lowest BCUT2D eigenvalue weighted by atomic mass is 10.1. The Bertz CT molecular complexity index is 936. The normalized spacial score (nSPS) is 11.2. The van der Waals surface area contributed by atoms with Gasteiger partial charge in [0.05, 0.1) is 0 Å². The highest BCUT2D eigenvalue weighted by Crippen LogP contribution is 2.30. The lowest BCUT2D eigenvalue weighted by molar-refractivity contribution is -0.136. The van der Waals surface area contributed by atoms with Crippen LogP contribution in [0.2, 0.25) is 0 Å². The molecule has 0 atom stereocenters. The Balaban J connectivity index is 2.08. The molecule has 0 fully saturated rings. The summed E-state index contributed by atoms with van der Waals surface area (Å²) in [5.74, 6) is -0.770. The van der Waals surface area contributed by atoms with Gasteiger partial charge in [0.1, 0.15) is 0 Å². The number of hydrogen-bond acceptors (Lipinski definition) is 1. The molecule has 3 aromatic rings. The fourth-order valence-electron chi connectivity index (χ4n) is 3.28. The zero-order chi connectivity index (χ0) is 18.5. The predicted octanol–water partition coefficient (Wildman–Crippen LogP) is 5.50. The summed E-state index contributed by atoms with van der Waals surface area (Å²) < 4.78 is 2.23. The van der Waals surface area contributed by atoms with Crippen molar-refractivity contribution in [2.45, 2.75) is 26.7 Å². The van der Waals surface area contributed by atoms with Crippen molar-refractivity contribution in [3.05, 3.63) is 83.7 Å². The van der Waals surface area contributed by atoms with E-state index in [1.807, 2.05) is 43.3 Å². The molecule has 0 aliphatic carbocycles. The first-order chi connectivity index (χ1) is 12.6. The zero-order valence-electron chi connectivity index (χ0n) is 15.1. The zero-order valence-corrected chi connectivity index (χ0v) is 15.1. The van der Waals surface area contributed by atoms with E-state index in [1.165, 1.54) is 16.8 Å². The van der Waals surface area contributed by atoms with Gasteiger partial charge in [0.15, 0.2) is 0 Å². The van der Waals surface area contributed by atoms with Crippen molar-refractivity contribution in [2.75, 3.05) is 0 Å². The molecule has 0 saturated carbocycles. The van der Waals surface area contributed by atoms with Gasteiger partial charge >= 0.3 is 5.97 Å². The van der Waals surface area contributed by atoms with Crippen LogP contribution in [-0.4, -0.2) is 15.6 Å². The Kier molecular flexibility index (Phi) is 5.37. The summed E-state index contributed by atoms with van der Waals surface area (Å²) in [7, 11) is 0. The highest BCUT2D eigenvalue weighted by Gasteiger charge is 2.13. The van der Waals surface area contributed by atoms with Crippen LogP contribution in [0.1, 0.15) is 30.3 Å². The number of aliphatic carboxylic acids is 1. The molecule has 0 amide bonds. The summed E-state index contributed by atoms with van der Waals surface area (Å²) in [5.41, 5.74) is 6.76. The van der Waals surface area contributed by atoms with Crippen molar-refractivity contribution < 1.29 is 9.90 Å². The lowest BCUT2D eigenvalue weighted by Gasteiger charge is -2.12. The molecule has 0 aliphatic rings. The van der Waals surface area contributed by atoms with Crippen molar-refractivity contribution in [2.24, 2.45) is 0 Å². The largest absolute Gasteiger partial charge is 0.481 e. The van der Waals surface area contributed by atoms with Crippen LogP contribution in [0.4, 0.5) is 0 Å². The third-order valence-electron chi connectivity index (χ3n) is 4.49. The van der Waals surface area contributed by atoms with Gasteiger partial charge < -0.3 is 9.67 Å². The van der Waals surface area contributed by atoms with Crippen LogP contribution in [0.5, 0.6) is 0 Å². The fourth-order valence-corrected chi connectivity index (χ4v) is 3.28. The number of nitrogens with zero attached hydrogens (tertiary/aromatic N) is 1. The molecule has 132 valence electrons. The standard InChI is InChI=1S/C23H23NO2/c1-3-8-20-16-22(19-10-5-4-6-11-19)17(2)24(20)21-12-7-9-18(15-21)13-14-23(25)26/h3-12,15-16H,13-14H2,1-2H3,(H,25,26)/b8-3+. The van der Waals surface area contributed by atoms with Crippen LogP contribution in [0.25, 0.3) is 22.9 Å². The minimum Gasteiger partial charge on any atom is -0.481 e. The van der Waals surface area contributed by atoms with Crippen LogP contribution in [0.3, 0.4) is 0 Å². The van der Waals surface area contributed by atoms with Gasteiger partial charge in [-0.25, -0.2) is 0 Å². The van der Waals surface area contributed by atoms with E-state index in [-0.39, 0.29) is 6.42 Å². The van der Waals surface area contributed by atoms with E-state index in [1.54, 1.807) is 0 Å².